The van der Waals surface area contributed by atoms with Gasteiger partial charge in [-0.25, -0.2) is 9.78 Å². The molecule has 7 nitrogen and oxygen atoms in total. The van der Waals surface area contributed by atoms with Crippen molar-refractivity contribution >= 4 is 29.2 Å². The van der Waals surface area contributed by atoms with E-state index in [0.29, 0.717) is 24.5 Å². The van der Waals surface area contributed by atoms with E-state index in [9.17, 15) is 14.4 Å². The number of nitrogens with one attached hydrogen (secondary N) is 1. The first-order valence-corrected chi connectivity index (χ1v) is 11.3. The number of aromatic nitrogens is 1. The first kappa shape index (κ1) is 21.7. The van der Waals surface area contributed by atoms with E-state index < -0.39 is 17.5 Å². The molecule has 1 aliphatic heterocycles. The smallest absolute Gasteiger partial charge is 0.326 e. The van der Waals surface area contributed by atoms with Crippen molar-refractivity contribution in [2.24, 2.45) is 11.3 Å². The van der Waals surface area contributed by atoms with Crippen molar-refractivity contribution in [2.45, 2.75) is 78.4 Å². The lowest BCUT2D eigenvalue weighted by atomic mass is 9.67. The maximum absolute atomic E-state index is 13.0. The van der Waals surface area contributed by atoms with Crippen LogP contribution in [0.4, 0.5) is 4.79 Å². The van der Waals surface area contributed by atoms with Crippen molar-refractivity contribution in [1.82, 2.24) is 15.2 Å². The van der Waals surface area contributed by atoms with Gasteiger partial charge in [-0.15, -0.1) is 11.3 Å². The third-order valence-corrected chi connectivity index (χ3v) is 7.00. The first-order valence-electron chi connectivity index (χ1n) is 10.4. The molecular weight excluding hydrogens is 390 g/mol. The molecule has 2 fully saturated rings. The lowest BCUT2D eigenvalue weighted by Crippen LogP contribution is -2.50. The fourth-order valence-corrected chi connectivity index (χ4v) is 5.09. The Labute approximate surface area is 176 Å². The first-order chi connectivity index (χ1) is 13.6. The zero-order valence-electron chi connectivity index (χ0n) is 17.7. The molecule has 1 N–H and O–H groups in total. The van der Waals surface area contributed by atoms with E-state index in [4.69, 9.17) is 4.74 Å². The van der Waals surface area contributed by atoms with Crippen molar-refractivity contribution in [3.05, 3.63) is 16.1 Å². The molecule has 3 amide bonds. The molecule has 3 rings (SSSR count). The number of carbonyl (C=O) groups excluding carboxylic acids is 3. The van der Waals surface area contributed by atoms with Crippen LogP contribution in [0.2, 0.25) is 0 Å². The van der Waals surface area contributed by atoms with Crippen LogP contribution in [0.15, 0.2) is 5.38 Å². The number of hydrogen-bond acceptors (Lipinski definition) is 6. The molecule has 1 aliphatic carbocycles. The highest BCUT2D eigenvalue weighted by atomic mass is 32.1. The second kappa shape index (κ2) is 8.42. The lowest BCUT2D eigenvalue weighted by Gasteiger charge is -2.40. The normalized spacial score (nSPS) is 24.8. The number of urea groups is 1. The monoisotopic (exact) mass is 421 g/mol. The summed E-state index contributed by atoms with van der Waals surface area (Å²) in [7, 11) is 0. The van der Waals surface area contributed by atoms with E-state index in [1.54, 1.807) is 11.3 Å². The average Bonchev–Trinajstić information content (AvgIpc) is 3.19. The van der Waals surface area contributed by atoms with Gasteiger partial charge in [0.1, 0.15) is 18.7 Å². The molecule has 2 heterocycles. The number of esters is 1. The van der Waals surface area contributed by atoms with E-state index >= 15 is 0 Å². The quantitative estimate of drug-likeness (QED) is 0.559. The number of rotatable bonds is 6. The summed E-state index contributed by atoms with van der Waals surface area (Å²) in [6.45, 7) is 8.41. The van der Waals surface area contributed by atoms with Gasteiger partial charge < -0.3 is 10.1 Å². The number of imide groups is 1. The van der Waals surface area contributed by atoms with Crippen LogP contribution in [0.3, 0.4) is 0 Å². The predicted molar refractivity (Wildman–Crippen MR) is 110 cm³/mol. The molecule has 0 atom stereocenters. The summed E-state index contributed by atoms with van der Waals surface area (Å²) in [5.74, 6) is -0.378. The summed E-state index contributed by atoms with van der Waals surface area (Å²) < 4.78 is 5.25. The highest BCUT2D eigenvalue weighted by Crippen LogP contribution is 2.43. The van der Waals surface area contributed by atoms with Gasteiger partial charge >= 0.3 is 12.0 Å². The Morgan fingerprint density at radius 2 is 2.03 bits per heavy atom. The Balaban J connectivity index is 1.54. The molecule has 0 unspecified atom stereocenters. The molecular formula is C21H31N3O4S. The number of carbonyl (C=O) groups is 3. The second-order valence-corrected chi connectivity index (χ2v) is 10.1. The third kappa shape index (κ3) is 4.79. The standard InChI is InChI=1S/C21H31N3O4S/c1-5-6-16-22-15(13-29-16)12-28-17(25)11-24-18(26)21(23-19(24)27)9-7-14(8-10-21)20(2,3)4/h13-14H,5-12H2,1-4H3,(H,23,27). The highest BCUT2D eigenvalue weighted by molar-refractivity contribution is 7.09. The van der Waals surface area contributed by atoms with Gasteiger partial charge in [0.15, 0.2) is 0 Å². The molecule has 29 heavy (non-hydrogen) atoms. The summed E-state index contributed by atoms with van der Waals surface area (Å²) >= 11 is 1.54. The van der Waals surface area contributed by atoms with Crippen molar-refractivity contribution < 1.29 is 19.1 Å². The molecule has 0 radical (unpaired) electrons. The summed E-state index contributed by atoms with van der Waals surface area (Å²) in [6.07, 6.45) is 4.92. The molecule has 1 aromatic heterocycles. The Bertz CT molecular complexity index is 775. The topological polar surface area (TPSA) is 88.6 Å². The van der Waals surface area contributed by atoms with Crippen molar-refractivity contribution in [2.75, 3.05) is 6.54 Å². The number of thiazole rings is 1. The molecule has 160 valence electrons. The number of hydrogen-bond donors (Lipinski definition) is 1. The molecule has 1 saturated heterocycles. The SMILES string of the molecule is CCCc1nc(COC(=O)CN2C(=O)NC3(CCC(C(C)(C)C)CC3)C2=O)cs1. The van der Waals surface area contributed by atoms with E-state index in [-0.39, 0.29) is 24.5 Å². The van der Waals surface area contributed by atoms with E-state index in [2.05, 4.69) is 38.0 Å². The number of ether oxygens (including phenoxy) is 1. The van der Waals surface area contributed by atoms with E-state index in [0.717, 1.165) is 35.6 Å². The van der Waals surface area contributed by atoms with Gasteiger partial charge in [0, 0.05) is 5.38 Å². The maximum Gasteiger partial charge on any atom is 0.326 e. The lowest BCUT2D eigenvalue weighted by molar-refractivity contribution is -0.149. The van der Waals surface area contributed by atoms with E-state index in [1.165, 1.54) is 0 Å². The van der Waals surface area contributed by atoms with Gasteiger partial charge in [-0.05, 0) is 49.9 Å². The molecule has 0 aromatic carbocycles. The second-order valence-electron chi connectivity index (χ2n) is 9.19. The third-order valence-electron chi connectivity index (χ3n) is 6.04. The Morgan fingerprint density at radius 3 is 2.66 bits per heavy atom. The van der Waals surface area contributed by atoms with Crippen LogP contribution in [0.5, 0.6) is 0 Å². The van der Waals surface area contributed by atoms with E-state index in [1.807, 2.05) is 5.38 Å². The van der Waals surface area contributed by atoms with Crippen LogP contribution in [-0.4, -0.2) is 39.9 Å². The van der Waals surface area contributed by atoms with Gasteiger partial charge in [0.05, 0.1) is 10.7 Å². The minimum Gasteiger partial charge on any atom is -0.458 e. The Morgan fingerprint density at radius 1 is 1.34 bits per heavy atom. The highest BCUT2D eigenvalue weighted by Gasteiger charge is 2.53. The molecule has 8 heteroatoms. The van der Waals surface area contributed by atoms with Crippen LogP contribution < -0.4 is 5.32 Å². The number of amides is 3. The zero-order chi connectivity index (χ0) is 21.2. The van der Waals surface area contributed by atoms with Crippen LogP contribution in [0.25, 0.3) is 0 Å². The van der Waals surface area contributed by atoms with Crippen molar-refractivity contribution in [1.29, 1.82) is 0 Å². The fraction of sp³-hybridized carbons (Fsp3) is 0.714. The van der Waals surface area contributed by atoms with Crippen molar-refractivity contribution in [3.8, 4) is 0 Å². The van der Waals surface area contributed by atoms with Crippen molar-refractivity contribution in [3.63, 3.8) is 0 Å². The van der Waals surface area contributed by atoms with Crippen LogP contribution in [0, 0.1) is 11.3 Å². The average molecular weight is 422 g/mol. The minimum atomic E-state index is -0.858. The van der Waals surface area contributed by atoms with Gasteiger partial charge in [-0.3, -0.25) is 14.5 Å². The fourth-order valence-electron chi connectivity index (χ4n) is 4.21. The summed E-state index contributed by atoms with van der Waals surface area (Å²) in [6, 6.07) is -0.500. The Kier molecular flexibility index (Phi) is 6.31. The van der Waals surface area contributed by atoms with Gasteiger partial charge in [-0.2, -0.15) is 0 Å². The van der Waals surface area contributed by atoms with Crippen LogP contribution >= 0.6 is 11.3 Å². The predicted octanol–water partition coefficient (Wildman–Crippen LogP) is 3.67. The van der Waals surface area contributed by atoms with Crippen LogP contribution in [0.1, 0.15) is 70.5 Å². The van der Waals surface area contributed by atoms with Gasteiger partial charge in [0.25, 0.3) is 5.91 Å². The minimum absolute atomic E-state index is 0.0566. The zero-order valence-corrected chi connectivity index (χ0v) is 18.6. The summed E-state index contributed by atoms with van der Waals surface area (Å²) in [5, 5.41) is 5.74. The summed E-state index contributed by atoms with van der Waals surface area (Å²) in [5.41, 5.74) is 0.0213. The summed E-state index contributed by atoms with van der Waals surface area (Å²) in [4.78, 5) is 43.0. The molecule has 1 aromatic rings. The number of nitrogens with zero attached hydrogens (tertiary/aromatic N) is 2. The van der Waals surface area contributed by atoms with Gasteiger partial charge in [-0.1, -0.05) is 27.7 Å². The van der Waals surface area contributed by atoms with Crippen LogP contribution in [-0.2, 0) is 27.4 Å². The van der Waals surface area contributed by atoms with Gasteiger partial charge in [0.2, 0.25) is 0 Å². The molecule has 2 aliphatic rings. The molecule has 0 bridgehead atoms. The molecule has 1 saturated carbocycles. The number of aryl methyl sites for hydroxylation is 1. The molecule has 1 spiro atoms. The Hall–Kier alpha value is -1.96. The largest absolute Gasteiger partial charge is 0.458 e. The maximum atomic E-state index is 13.0.